The first-order valence-corrected chi connectivity index (χ1v) is 7.95. The molecule has 0 saturated heterocycles. The molecule has 104 valence electrons. The molecule has 19 heavy (non-hydrogen) atoms. The number of rotatable bonds is 4. The number of carbonyl (C=O) groups excluding carboxylic acids is 1. The van der Waals surface area contributed by atoms with Crippen molar-refractivity contribution in [3.05, 3.63) is 21.9 Å². The van der Waals surface area contributed by atoms with E-state index in [1.165, 1.54) is 24.1 Å². The molecule has 0 bridgehead atoms. The van der Waals surface area contributed by atoms with Crippen LogP contribution in [-0.2, 0) is 11.2 Å². The largest absolute Gasteiger partial charge is 0.273 e. The lowest BCUT2D eigenvalue weighted by atomic mass is 9.89. The molecule has 0 aliphatic heterocycles. The Hall–Kier alpha value is -1.16. The fraction of sp³-hybridized carbons (Fsp3) is 0.600. The minimum Gasteiger partial charge on any atom is -0.273 e. The van der Waals surface area contributed by atoms with Crippen LogP contribution in [0.3, 0.4) is 0 Å². The van der Waals surface area contributed by atoms with Crippen LogP contribution in [0, 0.1) is 5.92 Å². The summed E-state index contributed by atoms with van der Waals surface area (Å²) in [5.74, 6) is 0.256. The predicted octanol–water partition coefficient (Wildman–Crippen LogP) is 3.73. The molecule has 1 heterocycles. The maximum atomic E-state index is 12.0. The van der Waals surface area contributed by atoms with Gasteiger partial charge in [-0.3, -0.25) is 4.79 Å². The average molecular weight is 278 g/mol. The highest BCUT2D eigenvalue weighted by molar-refractivity contribution is 7.14. The summed E-state index contributed by atoms with van der Waals surface area (Å²) in [6.07, 6.45) is 6.68. The zero-order chi connectivity index (χ0) is 13.7. The molecule has 0 atom stereocenters. The first-order valence-electron chi connectivity index (χ1n) is 7.14. The highest BCUT2D eigenvalue weighted by Crippen LogP contribution is 2.23. The summed E-state index contributed by atoms with van der Waals surface area (Å²) < 4.78 is 0. The minimum atomic E-state index is 0.0892. The maximum absolute atomic E-state index is 12.0. The second kappa shape index (κ2) is 6.85. The molecule has 0 unspecified atom stereocenters. The quantitative estimate of drug-likeness (QED) is 0.661. The first kappa shape index (κ1) is 14.3. The molecule has 4 heteroatoms. The van der Waals surface area contributed by atoms with Gasteiger partial charge in [0, 0.05) is 10.8 Å². The van der Waals surface area contributed by atoms with E-state index in [2.05, 4.69) is 29.6 Å². The number of thiophene rings is 1. The van der Waals surface area contributed by atoms with Gasteiger partial charge in [0.25, 0.3) is 0 Å². The normalized spacial score (nSPS) is 17.5. The summed E-state index contributed by atoms with van der Waals surface area (Å²) in [5, 5.41) is 4.24. The third-order valence-corrected chi connectivity index (χ3v) is 5.01. The molecule has 2 rings (SSSR count). The number of hydrogen-bond acceptors (Lipinski definition) is 3. The van der Waals surface area contributed by atoms with Gasteiger partial charge in [-0.05, 0) is 38.3 Å². The van der Waals surface area contributed by atoms with Gasteiger partial charge in [0.15, 0.2) is 0 Å². The topological polar surface area (TPSA) is 41.5 Å². The van der Waals surface area contributed by atoms with Crippen molar-refractivity contribution in [2.24, 2.45) is 11.0 Å². The molecule has 1 saturated carbocycles. The van der Waals surface area contributed by atoms with Gasteiger partial charge in [0.2, 0.25) is 5.91 Å². The van der Waals surface area contributed by atoms with E-state index in [9.17, 15) is 4.79 Å². The van der Waals surface area contributed by atoms with Gasteiger partial charge < -0.3 is 0 Å². The van der Waals surface area contributed by atoms with E-state index in [4.69, 9.17) is 0 Å². The number of hydrogen-bond donors (Lipinski definition) is 1. The number of carbonyl (C=O) groups is 1. The van der Waals surface area contributed by atoms with Crippen LogP contribution >= 0.6 is 11.3 Å². The number of nitrogens with one attached hydrogen (secondary N) is 1. The van der Waals surface area contributed by atoms with Crippen LogP contribution in [0.1, 0.15) is 55.7 Å². The molecule has 1 fully saturated rings. The lowest BCUT2D eigenvalue weighted by Crippen LogP contribution is -2.29. The van der Waals surface area contributed by atoms with Gasteiger partial charge in [0.05, 0.1) is 10.6 Å². The second-order valence-corrected chi connectivity index (χ2v) is 6.30. The van der Waals surface area contributed by atoms with Crippen molar-refractivity contribution < 1.29 is 4.79 Å². The van der Waals surface area contributed by atoms with Crippen molar-refractivity contribution in [1.82, 2.24) is 5.43 Å². The van der Waals surface area contributed by atoms with Crippen molar-refractivity contribution in [2.45, 2.75) is 52.4 Å². The minimum absolute atomic E-state index is 0.0892. The fourth-order valence-corrected chi connectivity index (χ4v) is 3.30. The molecule has 0 spiro atoms. The van der Waals surface area contributed by atoms with Gasteiger partial charge in [-0.25, -0.2) is 5.43 Å². The Kier molecular flexibility index (Phi) is 5.14. The van der Waals surface area contributed by atoms with Gasteiger partial charge >= 0.3 is 0 Å². The molecule has 1 aromatic rings. The Morgan fingerprint density at radius 3 is 2.74 bits per heavy atom. The molecule has 1 aliphatic rings. The molecule has 1 amide bonds. The van der Waals surface area contributed by atoms with Gasteiger partial charge in [-0.1, -0.05) is 26.2 Å². The van der Waals surface area contributed by atoms with E-state index in [-0.39, 0.29) is 11.8 Å². The van der Waals surface area contributed by atoms with E-state index >= 15 is 0 Å². The molecular weight excluding hydrogens is 256 g/mol. The first-order chi connectivity index (χ1) is 9.20. The van der Waals surface area contributed by atoms with Crippen molar-refractivity contribution in [2.75, 3.05) is 0 Å². The van der Waals surface area contributed by atoms with E-state index in [1.54, 1.807) is 11.3 Å². The van der Waals surface area contributed by atoms with E-state index < -0.39 is 0 Å². The van der Waals surface area contributed by atoms with Crippen molar-refractivity contribution in [3.63, 3.8) is 0 Å². The number of amides is 1. The lowest BCUT2D eigenvalue weighted by Gasteiger charge is -2.19. The van der Waals surface area contributed by atoms with Crippen LogP contribution in [0.2, 0.25) is 0 Å². The van der Waals surface area contributed by atoms with Gasteiger partial charge in [-0.15, -0.1) is 11.3 Å². The van der Waals surface area contributed by atoms with Gasteiger partial charge in [-0.2, -0.15) is 5.10 Å². The Morgan fingerprint density at radius 1 is 1.37 bits per heavy atom. The SMILES string of the molecule is CCc1ccc(/C(C)=N/NC(=O)C2CCCCC2)s1. The van der Waals surface area contributed by atoms with Crippen LogP contribution < -0.4 is 5.43 Å². The van der Waals surface area contributed by atoms with E-state index in [0.717, 1.165) is 29.9 Å². The Morgan fingerprint density at radius 2 is 2.11 bits per heavy atom. The molecule has 3 nitrogen and oxygen atoms in total. The summed E-state index contributed by atoms with van der Waals surface area (Å²) in [6, 6.07) is 4.21. The Labute approximate surface area is 119 Å². The number of aryl methyl sites for hydroxylation is 1. The molecule has 0 aromatic carbocycles. The zero-order valence-electron chi connectivity index (χ0n) is 11.7. The third kappa shape index (κ3) is 3.90. The van der Waals surface area contributed by atoms with Crippen LogP contribution in [0.5, 0.6) is 0 Å². The lowest BCUT2D eigenvalue weighted by molar-refractivity contribution is -0.125. The number of nitrogens with zero attached hydrogens (tertiary/aromatic N) is 1. The molecule has 1 aromatic heterocycles. The Bertz CT molecular complexity index is 458. The maximum Gasteiger partial charge on any atom is 0.243 e. The summed E-state index contributed by atoms with van der Waals surface area (Å²) in [4.78, 5) is 14.5. The van der Waals surface area contributed by atoms with Crippen LogP contribution in [-0.4, -0.2) is 11.6 Å². The van der Waals surface area contributed by atoms with Crippen LogP contribution in [0.25, 0.3) is 0 Å². The molecule has 1 aliphatic carbocycles. The highest BCUT2D eigenvalue weighted by atomic mass is 32.1. The van der Waals surface area contributed by atoms with Gasteiger partial charge in [0.1, 0.15) is 0 Å². The predicted molar refractivity (Wildman–Crippen MR) is 80.6 cm³/mol. The van der Waals surface area contributed by atoms with E-state index in [0.29, 0.717) is 0 Å². The third-order valence-electron chi connectivity index (χ3n) is 3.68. The standard InChI is InChI=1S/C15H22N2OS/c1-3-13-9-10-14(19-13)11(2)16-17-15(18)12-7-5-4-6-8-12/h9-10,12H,3-8H2,1-2H3,(H,17,18)/b16-11+. The summed E-state index contributed by atoms with van der Waals surface area (Å²) in [5.41, 5.74) is 3.63. The Balaban J connectivity index is 1.91. The van der Waals surface area contributed by atoms with Crippen molar-refractivity contribution >= 4 is 23.0 Å². The van der Waals surface area contributed by atoms with Crippen molar-refractivity contribution in [3.8, 4) is 0 Å². The summed E-state index contributed by atoms with van der Waals surface area (Å²) in [6.45, 7) is 4.10. The van der Waals surface area contributed by atoms with Crippen molar-refractivity contribution in [1.29, 1.82) is 0 Å². The van der Waals surface area contributed by atoms with Crippen LogP contribution in [0.15, 0.2) is 17.2 Å². The monoisotopic (exact) mass is 278 g/mol. The highest BCUT2D eigenvalue weighted by Gasteiger charge is 2.20. The zero-order valence-corrected chi connectivity index (χ0v) is 12.6. The summed E-state index contributed by atoms with van der Waals surface area (Å²) in [7, 11) is 0. The van der Waals surface area contributed by atoms with E-state index in [1.807, 2.05) is 6.92 Å². The average Bonchev–Trinajstić information content (AvgIpc) is 2.94. The van der Waals surface area contributed by atoms with Crippen LogP contribution in [0.4, 0.5) is 0 Å². The summed E-state index contributed by atoms with van der Waals surface area (Å²) >= 11 is 1.75. The number of hydrazone groups is 1. The fourth-order valence-electron chi connectivity index (χ4n) is 2.41. The molecular formula is C15H22N2OS. The smallest absolute Gasteiger partial charge is 0.243 e. The molecule has 1 N–H and O–H groups in total. The molecule has 0 radical (unpaired) electrons. The second-order valence-electron chi connectivity index (χ2n) is 5.13.